The summed E-state index contributed by atoms with van der Waals surface area (Å²) >= 11 is 0. The first-order chi connectivity index (χ1) is 7.88. The molecule has 5 heteroatoms. The molecule has 0 bridgehead atoms. The first kappa shape index (κ1) is 15.2. The highest BCUT2D eigenvalue weighted by Gasteiger charge is 2.20. The number of piperidine rings is 1. The zero-order valence-corrected chi connectivity index (χ0v) is 11.4. The topological polar surface area (TPSA) is 38.7 Å². The predicted molar refractivity (Wildman–Crippen MR) is 72.8 cm³/mol. The van der Waals surface area contributed by atoms with Gasteiger partial charge in [0, 0.05) is 39.3 Å². The van der Waals surface area contributed by atoms with Crippen molar-refractivity contribution in [2.75, 3.05) is 59.0 Å². The minimum Gasteiger partial charge on any atom is -0.395 e. The summed E-state index contributed by atoms with van der Waals surface area (Å²) in [6.07, 6.45) is 2.69. The van der Waals surface area contributed by atoms with Crippen molar-refractivity contribution in [1.29, 1.82) is 0 Å². The van der Waals surface area contributed by atoms with Gasteiger partial charge < -0.3 is 15.3 Å². The number of β-amino-alcohol motifs (C(OH)–C–C–N with tert-alkyl or cyclic N) is 1. The molecule has 0 atom stereocenters. The third-order valence-corrected chi connectivity index (χ3v) is 3.86. The minimum absolute atomic E-state index is 0. The van der Waals surface area contributed by atoms with Gasteiger partial charge in [-0.05, 0) is 31.8 Å². The molecule has 0 unspecified atom stereocenters. The fraction of sp³-hybridized carbons (Fsp3) is 1.00. The second-order valence-corrected chi connectivity index (χ2v) is 5.06. The number of piperazine rings is 1. The van der Waals surface area contributed by atoms with E-state index < -0.39 is 0 Å². The summed E-state index contributed by atoms with van der Waals surface area (Å²) in [5.74, 6) is 0.908. The van der Waals surface area contributed by atoms with E-state index in [2.05, 4.69) is 15.1 Å². The van der Waals surface area contributed by atoms with Crippen LogP contribution in [-0.4, -0.2) is 73.9 Å². The van der Waals surface area contributed by atoms with Crippen molar-refractivity contribution < 1.29 is 5.11 Å². The van der Waals surface area contributed by atoms with E-state index in [0.29, 0.717) is 6.61 Å². The van der Waals surface area contributed by atoms with Crippen LogP contribution in [0.2, 0.25) is 0 Å². The molecule has 0 spiro atoms. The molecule has 4 nitrogen and oxygen atoms in total. The number of hydrogen-bond donors (Lipinski definition) is 2. The molecule has 0 aromatic heterocycles. The highest BCUT2D eigenvalue weighted by Crippen LogP contribution is 2.14. The van der Waals surface area contributed by atoms with E-state index in [-0.39, 0.29) is 12.4 Å². The van der Waals surface area contributed by atoms with E-state index in [1.165, 1.54) is 45.6 Å². The summed E-state index contributed by atoms with van der Waals surface area (Å²) in [5.41, 5.74) is 0. The minimum atomic E-state index is 0. The van der Waals surface area contributed by atoms with Crippen LogP contribution in [0.15, 0.2) is 0 Å². The van der Waals surface area contributed by atoms with Crippen molar-refractivity contribution in [3.8, 4) is 0 Å². The maximum atomic E-state index is 8.88. The molecule has 0 saturated carbocycles. The van der Waals surface area contributed by atoms with Crippen molar-refractivity contribution in [3.05, 3.63) is 0 Å². The molecule has 2 fully saturated rings. The summed E-state index contributed by atoms with van der Waals surface area (Å²) in [6, 6.07) is 0. The van der Waals surface area contributed by atoms with Gasteiger partial charge in [0.25, 0.3) is 0 Å². The van der Waals surface area contributed by atoms with Crippen molar-refractivity contribution >= 4 is 12.4 Å². The highest BCUT2D eigenvalue weighted by molar-refractivity contribution is 5.85. The van der Waals surface area contributed by atoms with Gasteiger partial charge in [0.05, 0.1) is 6.61 Å². The molecule has 0 radical (unpaired) electrons. The van der Waals surface area contributed by atoms with Gasteiger partial charge in [-0.2, -0.15) is 0 Å². The number of halogens is 1. The molecule has 2 aliphatic rings. The van der Waals surface area contributed by atoms with Gasteiger partial charge in [-0.25, -0.2) is 0 Å². The van der Waals surface area contributed by atoms with E-state index in [9.17, 15) is 0 Å². The second kappa shape index (κ2) is 8.27. The van der Waals surface area contributed by atoms with Crippen LogP contribution in [0.4, 0.5) is 0 Å². The zero-order chi connectivity index (χ0) is 11.2. The Hall–Kier alpha value is 0.130. The normalized spacial score (nSPS) is 24.5. The third-order valence-electron chi connectivity index (χ3n) is 3.86. The van der Waals surface area contributed by atoms with Crippen LogP contribution in [0.1, 0.15) is 12.8 Å². The van der Waals surface area contributed by atoms with Crippen LogP contribution in [0.3, 0.4) is 0 Å². The quantitative estimate of drug-likeness (QED) is 0.750. The maximum Gasteiger partial charge on any atom is 0.0558 e. The fourth-order valence-corrected chi connectivity index (χ4v) is 2.77. The number of aliphatic hydroxyl groups is 1. The number of nitrogens with one attached hydrogen (secondary N) is 1. The van der Waals surface area contributed by atoms with E-state index in [1.807, 2.05) is 0 Å². The second-order valence-electron chi connectivity index (χ2n) is 5.06. The molecule has 2 saturated heterocycles. The number of rotatable bonds is 4. The Kier molecular flexibility index (Phi) is 7.39. The average molecular weight is 264 g/mol. The molecule has 102 valence electrons. The van der Waals surface area contributed by atoms with Crippen molar-refractivity contribution in [2.45, 2.75) is 12.8 Å². The molecular formula is C12H26ClN3O. The molecule has 0 aromatic rings. The van der Waals surface area contributed by atoms with Gasteiger partial charge in [-0.1, -0.05) is 0 Å². The van der Waals surface area contributed by atoms with Gasteiger partial charge >= 0.3 is 0 Å². The van der Waals surface area contributed by atoms with Gasteiger partial charge in [0.1, 0.15) is 0 Å². The standard InChI is InChI=1S/C12H25N3O.ClH/c16-10-9-14-5-7-15(8-6-14)11-12-1-3-13-4-2-12;/h12-13,16H,1-11H2;1H. The summed E-state index contributed by atoms with van der Waals surface area (Å²) in [6.45, 7) is 9.47. The monoisotopic (exact) mass is 263 g/mol. The molecule has 0 aromatic carbocycles. The Morgan fingerprint density at radius 1 is 1.00 bits per heavy atom. The molecule has 2 N–H and O–H groups in total. The van der Waals surface area contributed by atoms with Crippen LogP contribution < -0.4 is 5.32 Å². The van der Waals surface area contributed by atoms with E-state index in [1.54, 1.807) is 0 Å². The van der Waals surface area contributed by atoms with Gasteiger partial charge in [0.15, 0.2) is 0 Å². The van der Waals surface area contributed by atoms with Gasteiger partial charge in [-0.15, -0.1) is 12.4 Å². The summed E-state index contributed by atoms with van der Waals surface area (Å²) in [5, 5.41) is 12.3. The lowest BCUT2D eigenvalue weighted by molar-refractivity contribution is 0.0968. The van der Waals surface area contributed by atoms with E-state index >= 15 is 0 Å². The molecule has 2 rings (SSSR count). The fourth-order valence-electron chi connectivity index (χ4n) is 2.77. The summed E-state index contributed by atoms with van der Waals surface area (Å²) < 4.78 is 0. The SMILES string of the molecule is Cl.OCCN1CCN(CC2CCNCC2)CC1. The van der Waals surface area contributed by atoms with Crippen molar-refractivity contribution in [2.24, 2.45) is 5.92 Å². The van der Waals surface area contributed by atoms with Crippen LogP contribution >= 0.6 is 12.4 Å². The molecular weight excluding hydrogens is 238 g/mol. The largest absolute Gasteiger partial charge is 0.395 e. The Bertz CT molecular complexity index is 192. The Balaban J connectivity index is 0.00000144. The van der Waals surface area contributed by atoms with Gasteiger partial charge in [0.2, 0.25) is 0 Å². The number of aliphatic hydroxyl groups excluding tert-OH is 1. The number of nitrogens with zero attached hydrogens (tertiary/aromatic N) is 2. The Morgan fingerprint density at radius 2 is 1.59 bits per heavy atom. The average Bonchev–Trinajstić information content (AvgIpc) is 2.33. The highest BCUT2D eigenvalue weighted by atomic mass is 35.5. The lowest BCUT2D eigenvalue weighted by Gasteiger charge is -2.37. The third kappa shape index (κ3) is 5.10. The van der Waals surface area contributed by atoms with Gasteiger partial charge in [-0.3, -0.25) is 4.90 Å². The van der Waals surface area contributed by atoms with Crippen LogP contribution in [0.25, 0.3) is 0 Å². The lowest BCUT2D eigenvalue weighted by atomic mass is 9.97. The number of hydrogen-bond acceptors (Lipinski definition) is 4. The Labute approximate surface area is 111 Å². The summed E-state index contributed by atoms with van der Waals surface area (Å²) in [4.78, 5) is 4.96. The van der Waals surface area contributed by atoms with Crippen molar-refractivity contribution in [1.82, 2.24) is 15.1 Å². The van der Waals surface area contributed by atoms with E-state index in [0.717, 1.165) is 25.6 Å². The van der Waals surface area contributed by atoms with E-state index in [4.69, 9.17) is 5.11 Å². The maximum absolute atomic E-state index is 8.88. The first-order valence-electron chi connectivity index (χ1n) is 6.65. The Morgan fingerprint density at radius 3 is 2.18 bits per heavy atom. The van der Waals surface area contributed by atoms with Crippen LogP contribution in [0.5, 0.6) is 0 Å². The zero-order valence-electron chi connectivity index (χ0n) is 10.6. The summed E-state index contributed by atoms with van der Waals surface area (Å²) in [7, 11) is 0. The van der Waals surface area contributed by atoms with Crippen LogP contribution in [0, 0.1) is 5.92 Å². The molecule has 0 amide bonds. The lowest BCUT2D eigenvalue weighted by Crippen LogP contribution is -2.49. The molecule has 2 aliphatic heterocycles. The molecule has 0 aliphatic carbocycles. The molecule has 2 heterocycles. The van der Waals surface area contributed by atoms with Crippen LogP contribution in [-0.2, 0) is 0 Å². The molecule has 17 heavy (non-hydrogen) atoms. The van der Waals surface area contributed by atoms with Crippen molar-refractivity contribution in [3.63, 3.8) is 0 Å². The predicted octanol–water partition coefficient (Wildman–Crippen LogP) is 0.0177. The first-order valence-corrected chi connectivity index (χ1v) is 6.65. The smallest absolute Gasteiger partial charge is 0.0558 e.